The number of benzene rings is 2. The Bertz CT molecular complexity index is 958. The molecule has 156 valence electrons. The largest absolute Gasteiger partial charge is 0.371 e. The van der Waals surface area contributed by atoms with Crippen LogP contribution in [0.2, 0.25) is 0 Å². The fourth-order valence-corrected chi connectivity index (χ4v) is 4.25. The number of carbonyl (C=O) groups is 1. The molecule has 1 amide bonds. The number of sulfonamides is 1. The predicted molar refractivity (Wildman–Crippen MR) is 118 cm³/mol. The van der Waals surface area contributed by atoms with Crippen molar-refractivity contribution in [3.05, 3.63) is 59.7 Å². The van der Waals surface area contributed by atoms with Crippen LogP contribution >= 0.6 is 0 Å². The van der Waals surface area contributed by atoms with Crippen LogP contribution in [0.25, 0.3) is 0 Å². The van der Waals surface area contributed by atoms with E-state index >= 15 is 0 Å². The van der Waals surface area contributed by atoms with Crippen molar-refractivity contribution >= 4 is 27.3 Å². The summed E-state index contributed by atoms with van der Waals surface area (Å²) >= 11 is 0. The first-order valence-electron chi connectivity index (χ1n) is 9.95. The summed E-state index contributed by atoms with van der Waals surface area (Å²) in [6.45, 7) is 6.41. The van der Waals surface area contributed by atoms with Crippen LogP contribution in [0, 0.1) is 5.92 Å². The number of nitrogens with one attached hydrogen (secondary N) is 2. The zero-order valence-electron chi connectivity index (χ0n) is 17.2. The molecule has 0 spiro atoms. The first-order valence-corrected chi connectivity index (χ1v) is 11.8. The molecule has 1 fully saturated rings. The molecule has 0 aliphatic carbocycles. The van der Waals surface area contributed by atoms with Gasteiger partial charge in [-0.25, -0.2) is 8.42 Å². The molecule has 0 unspecified atom stereocenters. The summed E-state index contributed by atoms with van der Waals surface area (Å²) in [6.07, 6.45) is 3.59. The molecule has 0 aromatic heterocycles. The van der Waals surface area contributed by atoms with Crippen LogP contribution in [-0.4, -0.2) is 33.7 Å². The summed E-state index contributed by atoms with van der Waals surface area (Å²) in [4.78, 5) is 15.0. The number of hydrogen-bond acceptors (Lipinski definition) is 4. The van der Waals surface area contributed by atoms with Gasteiger partial charge in [-0.1, -0.05) is 25.1 Å². The molecule has 0 saturated carbocycles. The van der Waals surface area contributed by atoms with Crippen LogP contribution in [0.3, 0.4) is 0 Å². The second kappa shape index (κ2) is 8.86. The van der Waals surface area contributed by atoms with Gasteiger partial charge in [0, 0.05) is 30.0 Å². The normalized spacial score (nSPS) is 18.2. The van der Waals surface area contributed by atoms with Gasteiger partial charge in [-0.2, -0.15) is 0 Å². The molecule has 2 aromatic carbocycles. The van der Waals surface area contributed by atoms with E-state index in [1.165, 1.54) is 24.6 Å². The highest BCUT2D eigenvalue weighted by atomic mass is 32.2. The minimum absolute atomic E-state index is 0.164. The van der Waals surface area contributed by atoms with Crippen molar-refractivity contribution < 1.29 is 13.2 Å². The van der Waals surface area contributed by atoms with Crippen molar-refractivity contribution in [3.63, 3.8) is 0 Å². The van der Waals surface area contributed by atoms with Gasteiger partial charge < -0.3 is 10.2 Å². The second-order valence-corrected chi connectivity index (χ2v) is 9.68. The van der Waals surface area contributed by atoms with E-state index in [2.05, 4.69) is 46.1 Å². The lowest BCUT2D eigenvalue weighted by Gasteiger charge is -2.33. The van der Waals surface area contributed by atoms with Crippen molar-refractivity contribution in [2.75, 3.05) is 29.0 Å². The Morgan fingerprint density at radius 3 is 2.55 bits per heavy atom. The van der Waals surface area contributed by atoms with Gasteiger partial charge in [0.25, 0.3) is 5.91 Å². The summed E-state index contributed by atoms with van der Waals surface area (Å²) in [5.41, 5.74) is 3.02. The van der Waals surface area contributed by atoms with Gasteiger partial charge in [-0.3, -0.25) is 9.52 Å². The number of piperidine rings is 1. The third kappa shape index (κ3) is 5.97. The highest BCUT2D eigenvalue weighted by Gasteiger charge is 2.17. The third-order valence-electron chi connectivity index (χ3n) is 5.19. The highest BCUT2D eigenvalue weighted by Crippen LogP contribution is 2.25. The molecule has 0 bridgehead atoms. The Hall–Kier alpha value is -2.54. The summed E-state index contributed by atoms with van der Waals surface area (Å²) < 4.78 is 25.2. The van der Waals surface area contributed by atoms with Gasteiger partial charge in [0.1, 0.15) is 0 Å². The van der Waals surface area contributed by atoms with Crippen molar-refractivity contribution in [1.29, 1.82) is 0 Å². The van der Waals surface area contributed by atoms with Crippen molar-refractivity contribution in [2.45, 2.75) is 32.7 Å². The zero-order chi connectivity index (χ0) is 21.0. The topological polar surface area (TPSA) is 78.5 Å². The number of anilines is 2. The summed E-state index contributed by atoms with van der Waals surface area (Å²) in [5.74, 6) is 0.471. The predicted octanol–water partition coefficient (Wildman–Crippen LogP) is 3.79. The Kier molecular flexibility index (Phi) is 6.47. The SMILES string of the molecule is C[C@@H]1CCCN(c2ccc([C@H](C)NC(=O)c3cccc(NS(C)(=O)=O)c3)cc2)C1. The minimum atomic E-state index is -3.39. The molecular weight excluding hydrogens is 386 g/mol. The van der Waals surface area contributed by atoms with Crippen molar-refractivity contribution in [1.82, 2.24) is 5.32 Å². The maximum atomic E-state index is 12.6. The van der Waals surface area contributed by atoms with E-state index in [0.717, 1.165) is 30.8 Å². The third-order valence-corrected chi connectivity index (χ3v) is 5.80. The summed E-state index contributed by atoms with van der Waals surface area (Å²) in [6, 6.07) is 14.6. The fourth-order valence-electron chi connectivity index (χ4n) is 3.70. The van der Waals surface area contributed by atoms with Gasteiger partial charge in [-0.05, 0) is 61.6 Å². The van der Waals surface area contributed by atoms with E-state index in [1.54, 1.807) is 18.2 Å². The smallest absolute Gasteiger partial charge is 0.251 e. The Labute approximate surface area is 173 Å². The standard InChI is InChI=1S/C22H29N3O3S/c1-16-6-5-13-25(15-16)21-11-9-18(10-12-21)17(2)23-22(26)19-7-4-8-20(14-19)24-29(3,27)28/h4,7-12,14,16-17,24H,5-6,13,15H2,1-3H3,(H,23,26)/t16-,17+/m1/s1. The summed E-state index contributed by atoms with van der Waals surface area (Å²) in [5, 5.41) is 2.98. The van der Waals surface area contributed by atoms with E-state index < -0.39 is 10.0 Å². The second-order valence-electron chi connectivity index (χ2n) is 7.94. The van der Waals surface area contributed by atoms with Crippen molar-refractivity contribution in [2.24, 2.45) is 5.92 Å². The Balaban J connectivity index is 1.64. The van der Waals surface area contributed by atoms with Crippen LogP contribution in [0.1, 0.15) is 48.7 Å². The molecule has 1 aliphatic rings. The lowest BCUT2D eigenvalue weighted by Crippen LogP contribution is -2.34. The van der Waals surface area contributed by atoms with Crippen LogP contribution in [-0.2, 0) is 10.0 Å². The van der Waals surface area contributed by atoms with Gasteiger partial charge in [-0.15, -0.1) is 0 Å². The maximum Gasteiger partial charge on any atom is 0.251 e. The summed E-state index contributed by atoms with van der Waals surface area (Å²) in [7, 11) is -3.39. The molecule has 0 radical (unpaired) electrons. The van der Waals surface area contributed by atoms with Gasteiger partial charge >= 0.3 is 0 Å². The highest BCUT2D eigenvalue weighted by molar-refractivity contribution is 7.92. The number of amides is 1. The Morgan fingerprint density at radius 1 is 1.17 bits per heavy atom. The minimum Gasteiger partial charge on any atom is -0.371 e. The average molecular weight is 416 g/mol. The molecule has 1 saturated heterocycles. The zero-order valence-corrected chi connectivity index (χ0v) is 18.0. The molecule has 1 aliphatic heterocycles. The Morgan fingerprint density at radius 2 is 1.90 bits per heavy atom. The van der Waals surface area contributed by atoms with E-state index in [1.807, 2.05) is 6.92 Å². The van der Waals surface area contributed by atoms with Gasteiger partial charge in [0.15, 0.2) is 0 Å². The number of nitrogens with zero attached hydrogens (tertiary/aromatic N) is 1. The van der Waals surface area contributed by atoms with Gasteiger partial charge in [0.05, 0.1) is 12.3 Å². The molecule has 2 aromatic rings. The molecule has 2 N–H and O–H groups in total. The fraction of sp³-hybridized carbons (Fsp3) is 0.409. The van der Waals surface area contributed by atoms with Crippen LogP contribution < -0.4 is 14.9 Å². The molecule has 1 heterocycles. The molecule has 3 rings (SSSR count). The van der Waals surface area contributed by atoms with Crippen LogP contribution in [0.4, 0.5) is 11.4 Å². The first-order chi connectivity index (χ1) is 13.7. The van der Waals surface area contributed by atoms with E-state index in [0.29, 0.717) is 11.3 Å². The monoisotopic (exact) mass is 415 g/mol. The number of carbonyl (C=O) groups excluding carboxylic acids is 1. The first kappa shape index (κ1) is 21.2. The van der Waals surface area contributed by atoms with E-state index in [4.69, 9.17) is 0 Å². The lowest BCUT2D eigenvalue weighted by atomic mass is 9.99. The molecule has 29 heavy (non-hydrogen) atoms. The van der Waals surface area contributed by atoms with E-state index in [9.17, 15) is 13.2 Å². The molecule has 6 nitrogen and oxygen atoms in total. The molecular formula is C22H29N3O3S. The number of rotatable bonds is 6. The average Bonchev–Trinajstić information content (AvgIpc) is 2.67. The van der Waals surface area contributed by atoms with Crippen molar-refractivity contribution in [3.8, 4) is 0 Å². The lowest BCUT2D eigenvalue weighted by molar-refractivity contribution is 0.0940. The van der Waals surface area contributed by atoms with Crippen LogP contribution in [0.15, 0.2) is 48.5 Å². The molecule has 7 heteroatoms. The van der Waals surface area contributed by atoms with E-state index in [-0.39, 0.29) is 11.9 Å². The quantitative estimate of drug-likeness (QED) is 0.752. The number of hydrogen-bond donors (Lipinski definition) is 2. The van der Waals surface area contributed by atoms with Crippen LogP contribution in [0.5, 0.6) is 0 Å². The molecule has 2 atom stereocenters. The maximum absolute atomic E-state index is 12.6. The van der Waals surface area contributed by atoms with Gasteiger partial charge in [0.2, 0.25) is 10.0 Å².